The number of hydrogen-bond acceptors (Lipinski definition) is 4. The van der Waals surface area contributed by atoms with E-state index in [0.29, 0.717) is 0 Å². The van der Waals surface area contributed by atoms with Gasteiger partial charge in [0.25, 0.3) is 0 Å². The Morgan fingerprint density at radius 2 is 1.32 bits per heavy atom. The first-order valence-electron chi connectivity index (χ1n) is 9.21. The van der Waals surface area contributed by atoms with Crippen LogP contribution in [0.2, 0.25) is 13.3 Å². The van der Waals surface area contributed by atoms with Crippen LogP contribution in [-0.4, -0.2) is 38.8 Å². The molecule has 0 amide bonds. The van der Waals surface area contributed by atoms with E-state index in [4.69, 9.17) is 0 Å². The first-order valence-corrected chi connectivity index (χ1v) is 15.3. The molecule has 0 heterocycles. The standard InChI is InChI=1S/2C4H6O2.3C4H9.Sn/c1-3-4(5)6-2;1-3(2)4(5)6;3*1-3-4-2;/h3H,1H2,2H3;1H2,2H3,(H,5,6);3*1,3-4H2,2H3;/q;;;;;+1/p-1. The number of rotatable bonds is 11. The van der Waals surface area contributed by atoms with Crippen molar-refractivity contribution in [3.63, 3.8) is 0 Å². The van der Waals surface area contributed by atoms with E-state index in [-0.39, 0.29) is 5.57 Å². The van der Waals surface area contributed by atoms with Gasteiger partial charge in [0.05, 0.1) is 13.1 Å². The minimum absolute atomic E-state index is 0.0648. The summed E-state index contributed by atoms with van der Waals surface area (Å²) in [4.78, 5) is 19.3. The van der Waals surface area contributed by atoms with Crippen LogP contribution in [0, 0.1) is 0 Å². The van der Waals surface area contributed by atoms with Gasteiger partial charge in [0.15, 0.2) is 0 Å². The van der Waals surface area contributed by atoms with Crippen molar-refractivity contribution in [3.8, 4) is 0 Å². The Bertz CT molecular complexity index is 320. The van der Waals surface area contributed by atoms with Gasteiger partial charge >= 0.3 is 98.3 Å². The molecule has 0 aliphatic rings. The molecule has 146 valence electrons. The quantitative estimate of drug-likeness (QED) is 0.258. The molecule has 5 heteroatoms. The second-order valence-corrected chi connectivity index (χ2v) is 14.4. The summed E-state index contributed by atoms with van der Waals surface area (Å²) in [5.41, 5.74) is 0.0648. The van der Waals surface area contributed by atoms with E-state index in [1.54, 1.807) is 13.3 Å². The molecular formula is C20H38O4Sn. The third-order valence-corrected chi connectivity index (χ3v) is 12.4. The van der Waals surface area contributed by atoms with E-state index in [0.717, 1.165) is 6.08 Å². The molecule has 0 aliphatic heterocycles. The predicted octanol–water partition coefficient (Wildman–Crippen LogP) is 4.54. The number of carboxylic acids is 1. The summed E-state index contributed by atoms with van der Waals surface area (Å²) >= 11 is -0.839. The van der Waals surface area contributed by atoms with E-state index in [1.807, 2.05) is 0 Å². The molecule has 25 heavy (non-hydrogen) atoms. The first kappa shape index (κ1) is 29.0. The predicted molar refractivity (Wildman–Crippen MR) is 107 cm³/mol. The molecule has 0 saturated heterocycles. The average Bonchev–Trinajstić information content (AvgIpc) is 2.61. The number of carboxylic acid groups (broad SMARTS) is 1. The Kier molecular flexibility index (Phi) is 26.9. The van der Waals surface area contributed by atoms with Gasteiger partial charge in [0.2, 0.25) is 0 Å². The number of carbonyl (C=O) groups excluding carboxylic acids is 2. The van der Waals surface area contributed by atoms with Gasteiger partial charge in [0.1, 0.15) is 0 Å². The van der Waals surface area contributed by atoms with Crippen LogP contribution in [0.25, 0.3) is 0 Å². The van der Waals surface area contributed by atoms with Gasteiger partial charge in [-0.2, -0.15) is 0 Å². The fourth-order valence-electron chi connectivity index (χ4n) is 1.74. The zero-order valence-electron chi connectivity index (χ0n) is 17.0. The second kappa shape index (κ2) is 23.2. The maximum atomic E-state index is 9.84. The number of aliphatic carboxylic acids is 1. The molecular weight excluding hydrogens is 423 g/mol. The second-order valence-electron chi connectivity index (χ2n) is 5.86. The molecule has 4 nitrogen and oxygen atoms in total. The molecule has 0 saturated carbocycles. The number of esters is 1. The molecule has 0 aromatic carbocycles. The summed E-state index contributed by atoms with van der Waals surface area (Å²) in [6.45, 7) is 14.6. The molecule has 0 N–H and O–H groups in total. The molecule has 0 radical (unpaired) electrons. The molecule has 0 atom stereocenters. The van der Waals surface area contributed by atoms with Crippen LogP contribution < -0.4 is 5.11 Å². The summed E-state index contributed by atoms with van der Waals surface area (Å²) in [5.74, 6) is -1.58. The number of hydrogen-bond donors (Lipinski definition) is 0. The number of carbonyl (C=O) groups is 2. The molecule has 0 rings (SSSR count). The maximum absolute atomic E-state index is 9.84. The Morgan fingerprint density at radius 3 is 1.44 bits per heavy atom. The monoisotopic (exact) mass is 462 g/mol. The van der Waals surface area contributed by atoms with Gasteiger partial charge in [-0.1, -0.05) is 13.2 Å². The minimum atomic E-state index is -1.19. The summed E-state index contributed by atoms with van der Waals surface area (Å²) in [5, 5.41) is 9.49. The van der Waals surface area contributed by atoms with Crippen molar-refractivity contribution in [1.29, 1.82) is 0 Å². The van der Waals surface area contributed by atoms with Crippen molar-refractivity contribution in [2.75, 3.05) is 7.11 Å². The van der Waals surface area contributed by atoms with Gasteiger partial charge in [-0.25, -0.2) is 4.79 Å². The van der Waals surface area contributed by atoms with Crippen molar-refractivity contribution < 1.29 is 19.4 Å². The van der Waals surface area contributed by atoms with Crippen LogP contribution in [0.5, 0.6) is 0 Å². The number of ether oxygens (including phenoxy) is 1. The van der Waals surface area contributed by atoms with Crippen molar-refractivity contribution in [1.82, 2.24) is 0 Å². The Hall–Kier alpha value is -0.781. The summed E-state index contributed by atoms with van der Waals surface area (Å²) in [6, 6.07) is 0. The third-order valence-electron chi connectivity index (χ3n) is 3.37. The molecule has 0 fully saturated rings. The Labute approximate surface area is 162 Å². The van der Waals surface area contributed by atoms with Gasteiger partial charge in [-0.05, 0) is 12.5 Å². The van der Waals surface area contributed by atoms with E-state index in [9.17, 15) is 14.7 Å². The van der Waals surface area contributed by atoms with E-state index in [2.05, 4.69) is 38.7 Å². The fraction of sp³-hybridized carbons (Fsp3) is 0.700. The van der Waals surface area contributed by atoms with Gasteiger partial charge < -0.3 is 14.6 Å². The van der Waals surface area contributed by atoms with Gasteiger partial charge in [0, 0.05) is 6.08 Å². The van der Waals surface area contributed by atoms with E-state index in [1.165, 1.54) is 52.6 Å². The van der Waals surface area contributed by atoms with Crippen LogP contribution in [0.15, 0.2) is 24.8 Å². The van der Waals surface area contributed by atoms with E-state index < -0.39 is 31.7 Å². The van der Waals surface area contributed by atoms with E-state index >= 15 is 0 Å². The van der Waals surface area contributed by atoms with Gasteiger partial charge in [-0.3, -0.25) is 0 Å². The van der Waals surface area contributed by atoms with Crippen LogP contribution in [-0.2, 0) is 14.3 Å². The zero-order valence-corrected chi connectivity index (χ0v) is 19.8. The summed E-state index contributed by atoms with van der Waals surface area (Å²) < 4.78 is 9.18. The first-order chi connectivity index (χ1) is 11.8. The third kappa shape index (κ3) is 28.3. The molecule has 0 unspecified atom stereocenters. The van der Waals surface area contributed by atoms with Crippen LogP contribution >= 0.6 is 0 Å². The normalized spacial score (nSPS) is 8.84. The van der Waals surface area contributed by atoms with Crippen LogP contribution in [0.4, 0.5) is 0 Å². The Morgan fingerprint density at radius 1 is 1.00 bits per heavy atom. The average molecular weight is 461 g/mol. The summed E-state index contributed by atoms with van der Waals surface area (Å²) in [7, 11) is 1.31. The number of unbranched alkanes of at least 4 members (excludes halogenated alkanes) is 3. The van der Waals surface area contributed by atoms with Crippen LogP contribution in [0.3, 0.4) is 0 Å². The number of methoxy groups -OCH3 is 1. The fourth-order valence-corrected chi connectivity index (χ4v) is 11.2. The van der Waals surface area contributed by atoms with Gasteiger partial charge in [-0.15, -0.1) is 0 Å². The van der Waals surface area contributed by atoms with Crippen molar-refractivity contribution in [2.24, 2.45) is 0 Å². The zero-order chi connectivity index (χ0) is 20.1. The Balaban J connectivity index is -0.000000336. The molecule has 0 spiro atoms. The van der Waals surface area contributed by atoms with Crippen molar-refractivity contribution in [3.05, 3.63) is 24.8 Å². The molecule has 0 aromatic rings. The summed E-state index contributed by atoms with van der Waals surface area (Å²) in [6.07, 6.45) is 9.96. The van der Waals surface area contributed by atoms with Crippen LogP contribution in [0.1, 0.15) is 66.2 Å². The molecule has 0 aliphatic carbocycles. The SMILES string of the molecule is C=C(C)C(=O)[O-].C=CC(=O)OC.CCC[CH2][Sn+]([CH2]CCC)[CH2]CCC. The topological polar surface area (TPSA) is 66.4 Å². The molecule has 0 aromatic heterocycles. The van der Waals surface area contributed by atoms with Crippen molar-refractivity contribution >= 4 is 31.7 Å². The van der Waals surface area contributed by atoms with Crippen molar-refractivity contribution in [2.45, 2.75) is 79.5 Å². The molecule has 0 bridgehead atoms.